The fourth-order valence-corrected chi connectivity index (χ4v) is 2.30. The number of benzene rings is 1. The molecule has 150 valence electrons. The molecule has 0 aliphatic rings. The summed E-state index contributed by atoms with van der Waals surface area (Å²) in [6.07, 6.45) is -7.67. The number of hydrogen-bond donors (Lipinski definition) is 1. The Bertz CT molecular complexity index is 892. The SMILES string of the molecule is COC(=O)C(=CNc1ccc(C(F)(F)F)cc1)c1ncc(C(F)(F)F)cc1Cl. The van der Waals surface area contributed by atoms with Gasteiger partial charge in [-0.05, 0) is 30.3 Å². The average molecular weight is 425 g/mol. The van der Waals surface area contributed by atoms with E-state index >= 15 is 0 Å². The molecule has 0 amide bonds. The van der Waals surface area contributed by atoms with Gasteiger partial charge in [0, 0.05) is 18.1 Å². The van der Waals surface area contributed by atoms with Crippen LogP contribution < -0.4 is 5.32 Å². The molecule has 2 rings (SSSR count). The van der Waals surface area contributed by atoms with Crippen LogP contribution in [0.25, 0.3) is 5.57 Å². The average Bonchev–Trinajstić information content (AvgIpc) is 2.61. The van der Waals surface area contributed by atoms with E-state index in [0.717, 1.165) is 37.6 Å². The Hall–Kier alpha value is -2.75. The molecule has 0 saturated carbocycles. The first-order chi connectivity index (χ1) is 12.9. The van der Waals surface area contributed by atoms with Crippen LogP contribution in [0.15, 0.2) is 42.7 Å². The molecule has 0 radical (unpaired) electrons. The van der Waals surface area contributed by atoms with Crippen molar-refractivity contribution in [3.8, 4) is 0 Å². The van der Waals surface area contributed by atoms with Crippen molar-refractivity contribution in [2.45, 2.75) is 12.4 Å². The number of pyridine rings is 1. The monoisotopic (exact) mass is 424 g/mol. The number of nitrogens with zero attached hydrogens (tertiary/aromatic N) is 1. The minimum absolute atomic E-state index is 0.178. The second-order valence-electron chi connectivity index (χ2n) is 5.32. The molecule has 11 heteroatoms. The molecule has 0 unspecified atom stereocenters. The normalized spacial score (nSPS) is 12.6. The number of aromatic nitrogens is 1. The van der Waals surface area contributed by atoms with Crippen LogP contribution >= 0.6 is 11.6 Å². The molecule has 0 fully saturated rings. The van der Waals surface area contributed by atoms with Crippen LogP contribution in [-0.4, -0.2) is 18.1 Å². The molecule has 0 aliphatic carbocycles. The van der Waals surface area contributed by atoms with E-state index < -0.39 is 34.5 Å². The molecular formula is C17H11ClF6N2O2. The van der Waals surface area contributed by atoms with Crippen LogP contribution in [0.4, 0.5) is 32.0 Å². The molecule has 2 aromatic rings. The Kier molecular flexibility index (Phi) is 6.23. The summed E-state index contributed by atoms with van der Waals surface area (Å²) in [5, 5.41) is 2.10. The number of anilines is 1. The number of methoxy groups -OCH3 is 1. The summed E-state index contributed by atoms with van der Waals surface area (Å²) in [7, 11) is 1.03. The van der Waals surface area contributed by atoms with Crippen molar-refractivity contribution in [2.75, 3.05) is 12.4 Å². The molecule has 0 saturated heterocycles. The number of carbonyl (C=O) groups excluding carboxylic acids is 1. The summed E-state index contributed by atoms with van der Waals surface area (Å²) in [6, 6.07) is 4.44. The van der Waals surface area contributed by atoms with Crippen LogP contribution in [-0.2, 0) is 21.9 Å². The van der Waals surface area contributed by atoms with E-state index in [1.165, 1.54) is 0 Å². The molecule has 0 spiro atoms. The molecule has 1 heterocycles. The van der Waals surface area contributed by atoms with Crippen molar-refractivity contribution in [3.05, 3.63) is 64.6 Å². The van der Waals surface area contributed by atoms with Crippen LogP contribution in [0.5, 0.6) is 0 Å². The van der Waals surface area contributed by atoms with Gasteiger partial charge in [-0.3, -0.25) is 4.98 Å². The molecule has 0 aliphatic heterocycles. The first-order valence-electron chi connectivity index (χ1n) is 7.39. The first-order valence-corrected chi connectivity index (χ1v) is 7.76. The number of carbonyl (C=O) groups is 1. The van der Waals surface area contributed by atoms with Gasteiger partial charge in [0.15, 0.2) is 0 Å². The Labute approximate surface area is 159 Å². The molecule has 4 nitrogen and oxygen atoms in total. The fraction of sp³-hybridized carbons (Fsp3) is 0.176. The van der Waals surface area contributed by atoms with Gasteiger partial charge in [0.25, 0.3) is 0 Å². The number of halogens is 7. The number of alkyl halides is 6. The Morgan fingerprint density at radius 2 is 1.64 bits per heavy atom. The van der Waals surface area contributed by atoms with Gasteiger partial charge >= 0.3 is 18.3 Å². The van der Waals surface area contributed by atoms with Gasteiger partial charge in [-0.25, -0.2) is 4.79 Å². The van der Waals surface area contributed by atoms with Gasteiger partial charge in [0.05, 0.1) is 29.0 Å². The highest BCUT2D eigenvalue weighted by molar-refractivity contribution is 6.34. The van der Waals surface area contributed by atoms with Gasteiger partial charge in [-0.2, -0.15) is 26.3 Å². The van der Waals surface area contributed by atoms with Crippen molar-refractivity contribution in [3.63, 3.8) is 0 Å². The standard InChI is InChI=1S/C17H11ClF6N2O2/c1-28-15(27)12(14-13(18)6-10(7-26-14)17(22,23)24)8-25-11-4-2-9(3-5-11)16(19,20)21/h2-8,25H,1H3. The minimum atomic E-state index is -4.68. The Morgan fingerprint density at radius 1 is 1.07 bits per heavy atom. The Balaban J connectivity index is 2.35. The maximum absolute atomic E-state index is 12.7. The minimum Gasteiger partial charge on any atom is -0.465 e. The van der Waals surface area contributed by atoms with Gasteiger partial charge in [-0.1, -0.05) is 11.6 Å². The third-order valence-corrected chi connectivity index (χ3v) is 3.71. The summed E-state index contributed by atoms with van der Waals surface area (Å²) in [5.74, 6) is -0.964. The van der Waals surface area contributed by atoms with E-state index in [9.17, 15) is 31.1 Å². The zero-order valence-electron chi connectivity index (χ0n) is 14.0. The number of nitrogens with one attached hydrogen (secondary N) is 1. The van der Waals surface area contributed by atoms with Crippen LogP contribution in [0.1, 0.15) is 16.8 Å². The lowest BCUT2D eigenvalue weighted by molar-refractivity contribution is -0.138. The quantitative estimate of drug-likeness (QED) is 0.406. The fourth-order valence-electron chi connectivity index (χ4n) is 2.04. The van der Waals surface area contributed by atoms with E-state index in [4.69, 9.17) is 11.6 Å². The molecule has 1 N–H and O–H groups in total. The van der Waals surface area contributed by atoms with Crippen molar-refractivity contribution < 1.29 is 35.9 Å². The van der Waals surface area contributed by atoms with Crippen molar-refractivity contribution in [1.29, 1.82) is 0 Å². The maximum atomic E-state index is 12.7. The van der Waals surface area contributed by atoms with Gasteiger partial charge in [0.1, 0.15) is 5.57 Å². The highest BCUT2D eigenvalue weighted by atomic mass is 35.5. The number of hydrogen-bond acceptors (Lipinski definition) is 4. The zero-order valence-corrected chi connectivity index (χ0v) is 14.7. The first kappa shape index (κ1) is 21.5. The van der Waals surface area contributed by atoms with Gasteiger partial charge < -0.3 is 10.1 Å². The van der Waals surface area contributed by atoms with Crippen LogP contribution in [0, 0.1) is 0 Å². The van der Waals surface area contributed by atoms with Crippen LogP contribution in [0.2, 0.25) is 5.02 Å². The largest absolute Gasteiger partial charge is 0.465 e. The smallest absolute Gasteiger partial charge is 0.417 e. The molecule has 0 bridgehead atoms. The lowest BCUT2D eigenvalue weighted by Crippen LogP contribution is -2.11. The van der Waals surface area contributed by atoms with Crippen LogP contribution in [0.3, 0.4) is 0 Å². The zero-order chi connectivity index (χ0) is 21.1. The van der Waals surface area contributed by atoms with E-state index in [2.05, 4.69) is 15.0 Å². The molecule has 1 aromatic carbocycles. The lowest BCUT2D eigenvalue weighted by atomic mass is 10.1. The summed E-state index contributed by atoms with van der Waals surface area (Å²) in [5.41, 5.74) is -2.41. The van der Waals surface area contributed by atoms with E-state index in [0.29, 0.717) is 12.3 Å². The van der Waals surface area contributed by atoms with Gasteiger partial charge in [-0.15, -0.1) is 0 Å². The topological polar surface area (TPSA) is 51.2 Å². The van der Waals surface area contributed by atoms with Crippen molar-refractivity contribution in [1.82, 2.24) is 4.98 Å². The summed E-state index contributed by atoms with van der Waals surface area (Å²) < 4.78 is 80.4. The van der Waals surface area contributed by atoms with E-state index in [1.807, 2.05) is 0 Å². The maximum Gasteiger partial charge on any atom is 0.417 e. The van der Waals surface area contributed by atoms with E-state index in [-0.39, 0.29) is 17.0 Å². The lowest BCUT2D eigenvalue weighted by Gasteiger charge is -2.11. The summed E-state index contributed by atoms with van der Waals surface area (Å²) >= 11 is 5.82. The van der Waals surface area contributed by atoms with Gasteiger partial charge in [0.2, 0.25) is 0 Å². The number of rotatable bonds is 4. The third-order valence-electron chi connectivity index (χ3n) is 3.42. The molecule has 28 heavy (non-hydrogen) atoms. The van der Waals surface area contributed by atoms with E-state index in [1.54, 1.807) is 0 Å². The second kappa shape index (κ2) is 8.09. The highest BCUT2D eigenvalue weighted by Gasteiger charge is 2.32. The summed E-state index contributed by atoms with van der Waals surface area (Å²) in [6.45, 7) is 0. The molecular weight excluding hydrogens is 414 g/mol. The third kappa shape index (κ3) is 5.16. The van der Waals surface area contributed by atoms with Crippen molar-refractivity contribution in [2.24, 2.45) is 0 Å². The molecule has 0 atom stereocenters. The predicted molar refractivity (Wildman–Crippen MR) is 89.3 cm³/mol. The number of ether oxygens (including phenoxy) is 1. The Morgan fingerprint density at radius 3 is 2.11 bits per heavy atom. The number of esters is 1. The predicted octanol–water partition coefficient (Wildman–Crippen LogP) is 5.40. The molecule has 1 aromatic heterocycles. The highest BCUT2D eigenvalue weighted by Crippen LogP contribution is 2.33. The summed E-state index contributed by atoms with van der Waals surface area (Å²) in [4.78, 5) is 15.5. The van der Waals surface area contributed by atoms with Crippen molar-refractivity contribution >= 4 is 28.8 Å². The second-order valence-corrected chi connectivity index (χ2v) is 5.73.